The van der Waals surface area contributed by atoms with E-state index in [9.17, 15) is 67.5 Å². The van der Waals surface area contributed by atoms with E-state index in [-0.39, 0.29) is 40.5 Å². The van der Waals surface area contributed by atoms with E-state index in [1.165, 1.54) is 27.1 Å². The van der Waals surface area contributed by atoms with Crippen LogP contribution in [0, 0.1) is 5.92 Å². The van der Waals surface area contributed by atoms with Gasteiger partial charge in [-0.05, 0) is 6.42 Å². The number of anilines is 2. The topological polar surface area (TPSA) is 510 Å². The number of nitrogens with two attached hydrogens (primary N) is 2. The van der Waals surface area contributed by atoms with Crippen LogP contribution in [0.4, 0.5) is 11.8 Å². The lowest BCUT2D eigenvalue weighted by Gasteiger charge is -2.31. The van der Waals surface area contributed by atoms with Gasteiger partial charge in [-0.2, -0.15) is 8.62 Å². The van der Waals surface area contributed by atoms with Crippen LogP contribution in [0.25, 0.3) is 22.3 Å². The number of ether oxygens (including phenoxy) is 4. The highest BCUT2D eigenvalue weighted by Crippen LogP contribution is 2.68. The number of rotatable bonds is 20. The molecule has 402 valence electrons. The number of phosphoric acid groups is 4. The Morgan fingerprint density at radius 3 is 2.14 bits per heavy atom. The van der Waals surface area contributed by atoms with E-state index < -0.39 is 141 Å². The molecule has 3 aliphatic heterocycles. The summed E-state index contributed by atoms with van der Waals surface area (Å²) in [5.41, 5.74) is 9.31. The van der Waals surface area contributed by atoms with Gasteiger partial charge in [0.05, 0.1) is 39.3 Å². The Morgan fingerprint density at radius 1 is 0.822 bits per heavy atom. The number of aliphatic hydroxyl groups is 3. The average Bonchev–Trinajstić information content (AvgIpc) is 4.09. The molecule has 3 aliphatic rings. The number of hydrogen-bond acceptors (Lipinski definition) is 27. The van der Waals surface area contributed by atoms with Crippen LogP contribution < -0.4 is 37.7 Å². The van der Waals surface area contributed by atoms with Gasteiger partial charge in [0.25, 0.3) is 24.9 Å². The largest absolute Gasteiger partial charge is 0.756 e. The molecule has 0 aromatic carbocycles. The lowest BCUT2D eigenvalue weighted by atomic mass is 9.95. The molecule has 36 nitrogen and oxygen atoms in total. The standard InChI is InChI=1S/C33H46N12O24P4/c1-4-13-14(64-29(20(13)47)45-12-42(2)19-27(45)40-32(35)41-28(19)50)7-62-71(54,55)68-73(58,59)69-72(56,57)63-9-16-23(24(60-3)31(66-16)44-11-38-18-25(34)36-10-37-26(18)44)67-70(52,53)61-8-15-21(48)22(49)30(65-15)43-6-5-17(46)39-33(43)51/h5-6,10-16,20-24,29-31,47-49H,4,7-9H2,1-3H3,(H9-,34,35,36,37,39,40,41,46,50,51,52,53,54,55,56,57,58,59)/t13-,14-,15-,16-,20-,21-,22-,23-,24-,29-,30-,31-/m1/s1. The third-order valence-corrected chi connectivity index (χ3v) is 16.8. The minimum atomic E-state index is -6.16. The van der Waals surface area contributed by atoms with Gasteiger partial charge in [-0.1, -0.05) is 11.9 Å². The van der Waals surface area contributed by atoms with Gasteiger partial charge in [0.15, 0.2) is 30.2 Å². The molecule has 8 rings (SSSR count). The fourth-order valence-electron chi connectivity index (χ4n) is 8.37. The monoisotopic (exact) mass is 1120 g/mol. The molecule has 3 saturated heterocycles. The normalized spacial score (nSPS) is 30.9. The lowest BCUT2D eigenvalue weighted by Crippen LogP contribution is -2.45. The Bertz CT molecular complexity index is 3240. The molecule has 0 amide bonds. The van der Waals surface area contributed by atoms with Gasteiger partial charge >= 0.3 is 34.8 Å². The number of aromatic amines is 2. The summed E-state index contributed by atoms with van der Waals surface area (Å²) in [6.45, 7) is -1.60. The number of nitrogens with one attached hydrogen (secondary N) is 2. The van der Waals surface area contributed by atoms with Crippen molar-refractivity contribution in [1.29, 1.82) is 0 Å². The van der Waals surface area contributed by atoms with Gasteiger partial charge in [-0.15, -0.1) is 0 Å². The van der Waals surface area contributed by atoms with Gasteiger partial charge in [0, 0.05) is 25.3 Å². The van der Waals surface area contributed by atoms with Crippen molar-refractivity contribution in [2.24, 2.45) is 13.0 Å². The lowest BCUT2D eigenvalue weighted by molar-refractivity contribution is -0.745. The van der Waals surface area contributed by atoms with Crippen molar-refractivity contribution >= 4 is 65.4 Å². The molecule has 0 aliphatic carbocycles. The molecule has 0 bridgehead atoms. The van der Waals surface area contributed by atoms with Crippen LogP contribution in [0.15, 0.2) is 45.6 Å². The van der Waals surface area contributed by atoms with Crippen molar-refractivity contribution in [1.82, 2.24) is 43.6 Å². The number of hydrogen-bond donors (Lipinski definition) is 10. The van der Waals surface area contributed by atoms with E-state index in [2.05, 4.69) is 33.5 Å². The smallest absolute Gasteiger partial charge is 0.490 e. The van der Waals surface area contributed by atoms with Gasteiger partial charge in [0.2, 0.25) is 11.7 Å². The molecule has 5 aromatic heterocycles. The van der Waals surface area contributed by atoms with E-state index in [0.29, 0.717) is 0 Å². The highest BCUT2D eigenvalue weighted by molar-refractivity contribution is 7.66. The molecular formula is C33H46N12O24P4. The van der Waals surface area contributed by atoms with Gasteiger partial charge in [0.1, 0.15) is 54.6 Å². The maximum absolute atomic E-state index is 13.5. The SMILES string of the molecule is CC[C@H]1[C@@H](O)[C@H]([n+]2cn(C)c3c(=O)[nH]c(N)nc32)O[C@@H]1COP(=O)(O)OP(=O)(O)OP(=O)(O)OC[C@H]1O[C@@H](n2cnc3c(N)ncnc32)[C@H](OC)[C@@H]1OP(=O)([O-])OC[C@H]1O[C@@H](n2ccc(=O)[nH]c2=O)[C@H](O)[C@@H]1O. The van der Waals surface area contributed by atoms with Crippen LogP contribution in [0.2, 0.25) is 0 Å². The minimum absolute atomic E-state index is 0.00111. The first kappa shape index (κ1) is 54.7. The molecule has 0 saturated carbocycles. The number of aryl methyl sites for hydroxylation is 1. The summed E-state index contributed by atoms with van der Waals surface area (Å²) in [5.74, 6) is -1.18. The molecule has 4 unspecified atom stereocenters. The van der Waals surface area contributed by atoms with Crippen molar-refractivity contribution in [2.75, 3.05) is 38.4 Å². The summed E-state index contributed by atoms with van der Waals surface area (Å²) in [4.78, 5) is 102. The van der Waals surface area contributed by atoms with E-state index in [4.69, 9.17) is 48.5 Å². The van der Waals surface area contributed by atoms with Crippen LogP contribution >= 0.6 is 31.3 Å². The van der Waals surface area contributed by atoms with Crippen LogP contribution in [-0.2, 0) is 71.0 Å². The Kier molecular flexibility index (Phi) is 15.6. The zero-order valence-corrected chi connectivity index (χ0v) is 41.3. The Hall–Kier alpha value is -4.58. The Labute approximate surface area is 406 Å². The first-order valence-electron chi connectivity index (χ1n) is 21.1. The van der Waals surface area contributed by atoms with Crippen LogP contribution in [-0.4, -0.2) is 149 Å². The molecular weight excluding hydrogens is 1070 g/mol. The zero-order valence-electron chi connectivity index (χ0n) is 37.7. The quantitative estimate of drug-likeness (QED) is 0.0263. The fraction of sp³-hybridized carbons (Fsp3) is 0.576. The highest BCUT2D eigenvalue weighted by atomic mass is 31.3. The van der Waals surface area contributed by atoms with E-state index in [0.717, 1.165) is 36.6 Å². The van der Waals surface area contributed by atoms with Crippen molar-refractivity contribution in [3.05, 3.63) is 62.4 Å². The Balaban J connectivity index is 0.935. The second kappa shape index (κ2) is 20.9. The molecule has 73 heavy (non-hydrogen) atoms. The van der Waals surface area contributed by atoms with Gasteiger partial charge in [-0.25, -0.2) is 38.0 Å². The first-order valence-corrected chi connectivity index (χ1v) is 27.0. The molecule has 8 heterocycles. The highest BCUT2D eigenvalue weighted by Gasteiger charge is 2.53. The summed E-state index contributed by atoms with van der Waals surface area (Å²) in [7, 11) is -20.9. The average molecular weight is 1120 g/mol. The van der Waals surface area contributed by atoms with Crippen LogP contribution in [0.1, 0.15) is 32.0 Å². The third-order valence-electron chi connectivity index (χ3n) is 11.6. The molecule has 0 spiro atoms. The minimum Gasteiger partial charge on any atom is -0.756 e. The predicted molar refractivity (Wildman–Crippen MR) is 233 cm³/mol. The van der Waals surface area contributed by atoms with E-state index >= 15 is 0 Å². The van der Waals surface area contributed by atoms with Gasteiger partial charge in [-0.3, -0.25) is 46.9 Å². The predicted octanol–water partition coefficient (Wildman–Crippen LogP) is -3.84. The summed E-state index contributed by atoms with van der Waals surface area (Å²) < 4.78 is 109. The second-order valence-corrected chi connectivity index (χ2v) is 22.3. The summed E-state index contributed by atoms with van der Waals surface area (Å²) in [6, 6.07) is 0.918. The number of phosphoric ester groups is 3. The number of aromatic nitrogens is 10. The summed E-state index contributed by atoms with van der Waals surface area (Å²) in [5, 5.41) is 32.4. The molecule has 12 N–H and O–H groups in total. The Morgan fingerprint density at radius 2 is 1.48 bits per heavy atom. The second-order valence-electron chi connectivity index (χ2n) is 16.3. The van der Waals surface area contributed by atoms with Crippen molar-refractivity contribution in [2.45, 2.75) is 80.9 Å². The maximum atomic E-state index is 13.5. The number of fused-ring (bicyclic) bond motifs is 2. The number of methoxy groups -OCH3 is 1. The molecule has 16 atom stereocenters. The van der Waals surface area contributed by atoms with E-state index in [1.807, 2.05) is 4.98 Å². The zero-order chi connectivity index (χ0) is 53.1. The number of nitrogens with zero attached hydrogens (tertiary/aromatic N) is 8. The first-order chi connectivity index (χ1) is 34.2. The molecule has 40 heteroatoms. The summed E-state index contributed by atoms with van der Waals surface area (Å²) >= 11 is 0. The molecule has 5 aromatic rings. The van der Waals surface area contributed by atoms with E-state index in [1.54, 1.807) is 6.92 Å². The van der Waals surface area contributed by atoms with Crippen molar-refractivity contribution in [3.63, 3.8) is 0 Å². The number of imidazole rings is 2. The number of nitrogen functional groups attached to an aromatic ring is 2. The molecule has 0 radical (unpaired) electrons. The number of aliphatic hydroxyl groups excluding tert-OH is 3. The third kappa shape index (κ3) is 11.5. The summed E-state index contributed by atoms with van der Waals surface area (Å²) in [6.07, 6.45) is -13.0. The van der Waals surface area contributed by atoms with Crippen molar-refractivity contribution < 1.29 is 103 Å². The molecule has 3 fully saturated rings. The van der Waals surface area contributed by atoms with Crippen molar-refractivity contribution in [3.8, 4) is 0 Å². The number of H-pyrrole nitrogens is 2. The van der Waals surface area contributed by atoms with Crippen LogP contribution in [0.5, 0.6) is 0 Å². The van der Waals surface area contributed by atoms with Crippen LogP contribution in [0.3, 0.4) is 0 Å². The van der Waals surface area contributed by atoms with Gasteiger partial charge < -0.3 is 74.4 Å². The fourth-order valence-corrected chi connectivity index (χ4v) is 12.8. The maximum Gasteiger partial charge on any atom is 0.490 e.